The molecule has 0 aliphatic heterocycles. The Kier molecular flexibility index (Phi) is 5.51. The Hall–Kier alpha value is -1.42. The maximum absolute atomic E-state index is 12.6. The second kappa shape index (κ2) is 6.56. The SMILES string of the molecule is NCCN(CC(F)F)c1ccccc1S(=O)(=O)C(F)(F)F. The number of nitrogens with two attached hydrogens (primary N) is 1. The second-order valence-corrected chi connectivity index (χ2v) is 5.95. The van der Waals surface area contributed by atoms with Crippen molar-refractivity contribution in [2.24, 2.45) is 5.73 Å². The summed E-state index contributed by atoms with van der Waals surface area (Å²) >= 11 is 0. The third kappa shape index (κ3) is 4.03. The van der Waals surface area contributed by atoms with Crippen molar-refractivity contribution in [2.75, 3.05) is 24.5 Å². The van der Waals surface area contributed by atoms with Crippen molar-refractivity contribution in [1.82, 2.24) is 0 Å². The molecule has 120 valence electrons. The molecule has 2 N–H and O–H groups in total. The number of anilines is 1. The van der Waals surface area contributed by atoms with Crippen LogP contribution in [0, 0.1) is 0 Å². The molecule has 1 aromatic rings. The Labute approximate surface area is 118 Å². The predicted octanol–water partition coefficient (Wildman–Crippen LogP) is 2.01. The van der Waals surface area contributed by atoms with E-state index in [-0.39, 0.29) is 13.1 Å². The molecule has 0 unspecified atom stereocenters. The minimum atomic E-state index is -5.63. The van der Waals surface area contributed by atoms with E-state index >= 15 is 0 Å². The van der Waals surface area contributed by atoms with Crippen molar-refractivity contribution in [3.63, 3.8) is 0 Å². The first-order valence-corrected chi connectivity index (χ1v) is 7.23. The van der Waals surface area contributed by atoms with Crippen molar-refractivity contribution in [3.8, 4) is 0 Å². The summed E-state index contributed by atoms with van der Waals surface area (Å²) in [5.74, 6) is 0. The fourth-order valence-corrected chi connectivity index (χ4v) is 2.68. The van der Waals surface area contributed by atoms with Gasteiger partial charge in [0.15, 0.2) is 0 Å². The molecular weight excluding hydrogens is 319 g/mol. The number of hydrogen-bond acceptors (Lipinski definition) is 4. The van der Waals surface area contributed by atoms with Gasteiger partial charge in [-0.05, 0) is 12.1 Å². The zero-order valence-electron chi connectivity index (χ0n) is 10.6. The molecule has 0 amide bonds. The van der Waals surface area contributed by atoms with Gasteiger partial charge in [-0.15, -0.1) is 0 Å². The van der Waals surface area contributed by atoms with Crippen molar-refractivity contribution in [1.29, 1.82) is 0 Å². The van der Waals surface area contributed by atoms with E-state index in [4.69, 9.17) is 5.73 Å². The van der Waals surface area contributed by atoms with E-state index < -0.39 is 38.9 Å². The maximum Gasteiger partial charge on any atom is 0.501 e. The molecular formula is C11H13F5N2O2S. The third-order valence-electron chi connectivity index (χ3n) is 2.56. The van der Waals surface area contributed by atoms with Crippen LogP contribution in [0.15, 0.2) is 29.2 Å². The fourth-order valence-electron chi connectivity index (χ4n) is 1.70. The molecule has 0 saturated carbocycles. The van der Waals surface area contributed by atoms with E-state index in [1.54, 1.807) is 0 Å². The summed E-state index contributed by atoms with van der Waals surface area (Å²) in [6.07, 6.45) is -2.85. The van der Waals surface area contributed by atoms with Crippen LogP contribution in [0.1, 0.15) is 0 Å². The van der Waals surface area contributed by atoms with Crippen LogP contribution < -0.4 is 10.6 Å². The zero-order chi connectivity index (χ0) is 16.3. The van der Waals surface area contributed by atoms with E-state index in [2.05, 4.69) is 0 Å². The highest BCUT2D eigenvalue weighted by Gasteiger charge is 2.48. The van der Waals surface area contributed by atoms with Gasteiger partial charge < -0.3 is 10.6 Å². The first kappa shape index (κ1) is 17.6. The van der Waals surface area contributed by atoms with Crippen LogP contribution in [0.4, 0.5) is 27.6 Å². The van der Waals surface area contributed by atoms with Gasteiger partial charge in [0, 0.05) is 13.1 Å². The van der Waals surface area contributed by atoms with Gasteiger partial charge in [0.25, 0.3) is 16.3 Å². The summed E-state index contributed by atoms with van der Waals surface area (Å²) in [5, 5.41) is 0. The molecule has 0 heterocycles. The zero-order valence-corrected chi connectivity index (χ0v) is 11.5. The molecule has 1 rings (SSSR count). The van der Waals surface area contributed by atoms with Crippen LogP contribution in [-0.4, -0.2) is 40.0 Å². The Bertz CT molecular complexity index is 574. The molecule has 0 fully saturated rings. The van der Waals surface area contributed by atoms with E-state index in [9.17, 15) is 30.4 Å². The van der Waals surface area contributed by atoms with Crippen molar-refractivity contribution >= 4 is 15.5 Å². The fraction of sp³-hybridized carbons (Fsp3) is 0.455. The van der Waals surface area contributed by atoms with Crippen molar-refractivity contribution in [2.45, 2.75) is 16.8 Å². The normalized spacial score (nSPS) is 12.7. The molecule has 0 atom stereocenters. The van der Waals surface area contributed by atoms with Gasteiger partial charge in [0.05, 0.1) is 17.1 Å². The molecule has 0 aromatic heterocycles. The average molecular weight is 332 g/mol. The van der Waals surface area contributed by atoms with Crippen LogP contribution in [0.5, 0.6) is 0 Å². The third-order valence-corrected chi connectivity index (χ3v) is 4.09. The largest absolute Gasteiger partial charge is 0.501 e. The second-order valence-electron chi connectivity index (χ2n) is 4.04. The smallest absolute Gasteiger partial charge is 0.363 e. The van der Waals surface area contributed by atoms with Gasteiger partial charge >= 0.3 is 5.51 Å². The first-order valence-electron chi connectivity index (χ1n) is 5.74. The van der Waals surface area contributed by atoms with Crippen LogP contribution >= 0.6 is 0 Å². The quantitative estimate of drug-likeness (QED) is 0.810. The lowest BCUT2D eigenvalue weighted by Crippen LogP contribution is -2.35. The van der Waals surface area contributed by atoms with Gasteiger partial charge in [0.2, 0.25) is 0 Å². The number of alkyl halides is 5. The number of hydrogen-bond donors (Lipinski definition) is 1. The van der Waals surface area contributed by atoms with Crippen molar-refractivity contribution in [3.05, 3.63) is 24.3 Å². The summed E-state index contributed by atoms with van der Waals surface area (Å²) in [7, 11) is -5.63. The Morgan fingerprint density at radius 2 is 1.76 bits per heavy atom. The lowest BCUT2D eigenvalue weighted by Gasteiger charge is -2.26. The maximum atomic E-state index is 12.6. The molecule has 10 heteroatoms. The monoisotopic (exact) mass is 332 g/mol. The Morgan fingerprint density at radius 1 is 1.19 bits per heavy atom. The standard InChI is InChI=1S/C11H13F5N2O2S/c12-10(13)7-18(6-5-17)8-3-1-2-4-9(8)21(19,20)11(14,15)16/h1-4,10H,5-7,17H2. The minimum absolute atomic E-state index is 0.118. The van der Waals surface area contributed by atoms with Crippen LogP contribution in [0.2, 0.25) is 0 Å². The molecule has 1 aromatic carbocycles. The van der Waals surface area contributed by atoms with E-state index in [1.807, 2.05) is 0 Å². The van der Waals surface area contributed by atoms with E-state index in [0.29, 0.717) is 0 Å². The van der Waals surface area contributed by atoms with Gasteiger partial charge in [0.1, 0.15) is 0 Å². The highest BCUT2D eigenvalue weighted by molar-refractivity contribution is 7.92. The highest BCUT2D eigenvalue weighted by atomic mass is 32.2. The summed E-state index contributed by atoms with van der Waals surface area (Å²) in [6.45, 7) is -1.23. The lowest BCUT2D eigenvalue weighted by atomic mass is 10.3. The Balaban J connectivity index is 3.38. The van der Waals surface area contributed by atoms with Gasteiger partial charge in [-0.1, -0.05) is 12.1 Å². The molecule has 0 radical (unpaired) electrons. The van der Waals surface area contributed by atoms with E-state index in [0.717, 1.165) is 23.1 Å². The van der Waals surface area contributed by atoms with Gasteiger partial charge in [-0.3, -0.25) is 0 Å². The number of halogens is 5. The predicted molar refractivity (Wildman–Crippen MR) is 67.0 cm³/mol. The minimum Gasteiger partial charge on any atom is -0.363 e. The van der Waals surface area contributed by atoms with E-state index in [1.165, 1.54) is 6.07 Å². The molecule has 21 heavy (non-hydrogen) atoms. The number of sulfone groups is 1. The summed E-state index contributed by atoms with van der Waals surface area (Å²) in [4.78, 5) is -0.241. The molecule has 4 nitrogen and oxygen atoms in total. The summed E-state index contributed by atoms with van der Waals surface area (Å²) in [6, 6.07) is 4.12. The highest BCUT2D eigenvalue weighted by Crippen LogP contribution is 2.35. The molecule has 0 saturated heterocycles. The number of benzene rings is 1. The van der Waals surface area contributed by atoms with Crippen LogP contribution in [-0.2, 0) is 9.84 Å². The summed E-state index contributed by atoms with van der Waals surface area (Å²) < 4.78 is 85.9. The van der Waals surface area contributed by atoms with Crippen LogP contribution in [0.3, 0.4) is 0 Å². The number of nitrogens with zero attached hydrogens (tertiary/aromatic N) is 1. The molecule has 0 bridgehead atoms. The topological polar surface area (TPSA) is 63.4 Å². The molecule has 0 aliphatic carbocycles. The van der Waals surface area contributed by atoms with Crippen molar-refractivity contribution < 1.29 is 30.4 Å². The Morgan fingerprint density at radius 3 is 2.24 bits per heavy atom. The molecule has 0 spiro atoms. The number of para-hydroxylation sites is 1. The van der Waals surface area contributed by atoms with Gasteiger partial charge in [-0.2, -0.15) is 13.2 Å². The average Bonchev–Trinajstić information content (AvgIpc) is 2.36. The summed E-state index contributed by atoms with van der Waals surface area (Å²) in [5.41, 5.74) is -0.726. The lowest BCUT2D eigenvalue weighted by molar-refractivity contribution is -0.0435. The number of rotatable bonds is 6. The first-order chi connectivity index (χ1) is 9.61. The van der Waals surface area contributed by atoms with Crippen LogP contribution in [0.25, 0.3) is 0 Å². The molecule has 0 aliphatic rings. The van der Waals surface area contributed by atoms with Gasteiger partial charge in [-0.25, -0.2) is 17.2 Å².